The standard InChI is InChI=1S/C20H22ClN2O2/c1-25-18-11-9-17(10-12-18)22-14-20(24,15-5-7-16(21)8-6-15)23-13-3-2-4-19(22)23/h5-12,24H,2-4,13-14H2,1H3/q+1/t20-/m1/s1. The van der Waals surface area contributed by atoms with Gasteiger partial charge in [-0.05, 0) is 49.2 Å². The van der Waals surface area contributed by atoms with Gasteiger partial charge in [0.05, 0.1) is 13.7 Å². The van der Waals surface area contributed by atoms with Gasteiger partial charge in [-0.15, -0.1) is 0 Å². The Labute approximate surface area is 152 Å². The predicted molar refractivity (Wildman–Crippen MR) is 99.7 cm³/mol. The maximum atomic E-state index is 11.6. The van der Waals surface area contributed by atoms with Crippen molar-refractivity contribution in [1.82, 2.24) is 0 Å². The van der Waals surface area contributed by atoms with E-state index >= 15 is 0 Å². The van der Waals surface area contributed by atoms with Crippen LogP contribution in [0.3, 0.4) is 0 Å². The fraction of sp³-hybridized carbons (Fsp3) is 0.350. The summed E-state index contributed by atoms with van der Waals surface area (Å²) in [6.07, 6.45) is 3.22. The Morgan fingerprint density at radius 1 is 1.08 bits per heavy atom. The van der Waals surface area contributed by atoms with Gasteiger partial charge in [0, 0.05) is 17.0 Å². The molecule has 0 saturated carbocycles. The van der Waals surface area contributed by atoms with Gasteiger partial charge in [-0.1, -0.05) is 23.7 Å². The molecular weight excluding hydrogens is 336 g/mol. The Balaban J connectivity index is 1.75. The van der Waals surface area contributed by atoms with Gasteiger partial charge in [0.2, 0.25) is 0 Å². The van der Waals surface area contributed by atoms with Gasteiger partial charge in [0.25, 0.3) is 11.6 Å². The van der Waals surface area contributed by atoms with Gasteiger partial charge in [0.1, 0.15) is 11.4 Å². The third-order valence-electron chi connectivity index (χ3n) is 5.17. The van der Waals surface area contributed by atoms with Crippen molar-refractivity contribution in [2.45, 2.75) is 25.0 Å². The average Bonchev–Trinajstić information content (AvgIpc) is 2.97. The van der Waals surface area contributed by atoms with Crippen LogP contribution < -0.4 is 9.64 Å². The van der Waals surface area contributed by atoms with Crippen LogP contribution in [0.15, 0.2) is 48.5 Å². The fourth-order valence-corrected chi connectivity index (χ4v) is 3.99. The molecule has 0 spiro atoms. The zero-order valence-corrected chi connectivity index (χ0v) is 15.0. The molecule has 0 aliphatic carbocycles. The fourth-order valence-electron chi connectivity index (χ4n) is 3.86. The Morgan fingerprint density at radius 2 is 1.80 bits per heavy atom. The van der Waals surface area contributed by atoms with Crippen LogP contribution in [0, 0.1) is 0 Å². The number of amidine groups is 1. The highest BCUT2D eigenvalue weighted by molar-refractivity contribution is 6.30. The minimum absolute atomic E-state index is 0.510. The second-order valence-corrected chi connectivity index (χ2v) is 7.07. The van der Waals surface area contributed by atoms with Crippen LogP contribution in [0.4, 0.5) is 5.69 Å². The topological polar surface area (TPSA) is 35.7 Å². The van der Waals surface area contributed by atoms with Crippen LogP contribution in [-0.2, 0) is 5.72 Å². The van der Waals surface area contributed by atoms with E-state index in [0.29, 0.717) is 11.6 Å². The summed E-state index contributed by atoms with van der Waals surface area (Å²) in [7, 11) is 1.67. The molecule has 2 aromatic carbocycles. The second-order valence-electron chi connectivity index (χ2n) is 6.63. The normalized spacial score (nSPS) is 22.9. The molecule has 4 rings (SSSR count). The van der Waals surface area contributed by atoms with Crippen LogP contribution >= 0.6 is 11.6 Å². The molecule has 1 N–H and O–H groups in total. The third kappa shape index (κ3) is 2.79. The highest BCUT2D eigenvalue weighted by Gasteiger charge is 2.52. The Kier molecular flexibility index (Phi) is 4.18. The third-order valence-corrected chi connectivity index (χ3v) is 5.42. The summed E-state index contributed by atoms with van der Waals surface area (Å²) in [4.78, 5) is 2.23. The Hall–Kier alpha value is -2.04. The molecule has 0 aromatic heterocycles. The summed E-state index contributed by atoms with van der Waals surface area (Å²) in [5.41, 5.74) is 0.931. The molecule has 2 aromatic rings. The van der Waals surface area contributed by atoms with E-state index in [0.717, 1.165) is 42.8 Å². The molecule has 0 bridgehead atoms. The molecule has 2 aliphatic heterocycles. The molecule has 0 amide bonds. The molecule has 2 heterocycles. The lowest BCUT2D eigenvalue weighted by Gasteiger charge is -2.24. The zero-order valence-electron chi connectivity index (χ0n) is 14.3. The van der Waals surface area contributed by atoms with Crippen molar-refractivity contribution in [1.29, 1.82) is 0 Å². The summed E-state index contributed by atoms with van der Waals surface area (Å²) in [5, 5.41) is 12.3. The smallest absolute Gasteiger partial charge is 0.271 e. The van der Waals surface area contributed by atoms with E-state index in [1.54, 1.807) is 7.11 Å². The molecule has 4 nitrogen and oxygen atoms in total. The number of hydrogen-bond donors (Lipinski definition) is 1. The summed E-state index contributed by atoms with van der Waals surface area (Å²) >= 11 is 6.03. The molecule has 0 fully saturated rings. The number of halogens is 1. The molecule has 0 unspecified atom stereocenters. The zero-order chi connectivity index (χ0) is 17.4. The minimum atomic E-state index is -1.03. The maximum Gasteiger partial charge on any atom is 0.271 e. The van der Waals surface area contributed by atoms with E-state index in [2.05, 4.69) is 9.48 Å². The lowest BCUT2D eigenvalue weighted by molar-refractivity contribution is -0.661. The number of rotatable bonds is 3. The van der Waals surface area contributed by atoms with Crippen LogP contribution in [0.5, 0.6) is 5.75 Å². The van der Waals surface area contributed by atoms with E-state index in [1.165, 1.54) is 5.84 Å². The molecule has 5 heteroatoms. The number of anilines is 1. The van der Waals surface area contributed by atoms with Gasteiger partial charge in [-0.3, -0.25) is 0 Å². The van der Waals surface area contributed by atoms with E-state index in [9.17, 15) is 5.11 Å². The number of β-amino-alcohol motifs (C(OH)–C–C–N with tert-alkyl or cyclic N) is 1. The van der Waals surface area contributed by atoms with Gasteiger partial charge in [-0.2, -0.15) is 0 Å². The number of nitrogens with zero attached hydrogens (tertiary/aromatic N) is 2. The van der Waals surface area contributed by atoms with Crippen molar-refractivity contribution < 1.29 is 14.4 Å². The summed E-state index contributed by atoms with van der Waals surface area (Å²) in [6.45, 7) is 1.37. The molecule has 25 heavy (non-hydrogen) atoms. The Bertz CT molecular complexity index is 801. The van der Waals surface area contributed by atoms with Crippen LogP contribution in [0.1, 0.15) is 24.8 Å². The lowest BCUT2D eigenvalue weighted by atomic mass is 10.0. The maximum absolute atomic E-state index is 11.6. The van der Waals surface area contributed by atoms with Gasteiger partial charge in [0.15, 0.2) is 6.54 Å². The quantitative estimate of drug-likeness (QED) is 0.852. The van der Waals surface area contributed by atoms with Crippen LogP contribution in [0.25, 0.3) is 0 Å². The van der Waals surface area contributed by atoms with E-state index in [4.69, 9.17) is 16.3 Å². The van der Waals surface area contributed by atoms with Gasteiger partial charge in [-0.25, -0.2) is 9.48 Å². The first-order valence-electron chi connectivity index (χ1n) is 8.65. The molecule has 2 aliphatic rings. The Morgan fingerprint density at radius 3 is 2.48 bits per heavy atom. The first kappa shape index (κ1) is 16.4. The van der Waals surface area contributed by atoms with Crippen molar-refractivity contribution in [3.8, 4) is 5.75 Å². The van der Waals surface area contributed by atoms with E-state index in [-0.39, 0.29) is 0 Å². The number of methoxy groups -OCH3 is 1. The first-order valence-corrected chi connectivity index (χ1v) is 9.03. The summed E-state index contributed by atoms with van der Waals surface area (Å²) in [5.74, 6) is 2.02. The largest absolute Gasteiger partial charge is 0.497 e. The predicted octanol–water partition coefficient (Wildman–Crippen LogP) is 3.61. The molecule has 1 atom stereocenters. The van der Waals surface area contributed by atoms with Crippen molar-refractivity contribution in [3.63, 3.8) is 0 Å². The minimum Gasteiger partial charge on any atom is -0.497 e. The highest BCUT2D eigenvalue weighted by Crippen LogP contribution is 2.36. The van der Waals surface area contributed by atoms with E-state index < -0.39 is 5.72 Å². The highest BCUT2D eigenvalue weighted by atomic mass is 35.5. The number of benzene rings is 2. The first-order chi connectivity index (χ1) is 12.1. The summed E-state index contributed by atoms with van der Waals surface area (Å²) < 4.78 is 7.42. The second kappa shape index (κ2) is 6.36. The van der Waals surface area contributed by atoms with Crippen molar-refractivity contribution in [2.75, 3.05) is 25.1 Å². The number of aliphatic hydroxyl groups is 1. The molecule has 130 valence electrons. The molecular formula is C20H22ClN2O2+. The van der Waals surface area contributed by atoms with Crippen LogP contribution in [-0.4, -0.2) is 35.7 Å². The van der Waals surface area contributed by atoms with Crippen molar-refractivity contribution in [3.05, 3.63) is 59.1 Å². The van der Waals surface area contributed by atoms with Crippen molar-refractivity contribution >= 4 is 23.1 Å². The lowest BCUT2D eigenvalue weighted by Crippen LogP contribution is -2.41. The average molecular weight is 358 g/mol. The summed E-state index contributed by atoms with van der Waals surface area (Å²) in [6, 6.07) is 15.5. The SMILES string of the molecule is COc1ccc(N2C[C@@](O)(c3ccc(Cl)cc3)[N+]3=C2CCCC3)cc1. The van der Waals surface area contributed by atoms with Crippen LogP contribution in [0.2, 0.25) is 5.02 Å². The van der Waals surface area contributed by atoms with E-state index in [1.807, 2.05) is 48.5 Å². The van der Waals surface area contributed by atoms with Gasteiger partial charge >= 0.3 is 0 Å². The van der Waals surface area contributed by atoms with Gasteiger partial charge < -0.3 is 9.84 Å². The monoisotopic (exact) mass is 357 g/mol. The molecule has 0 saturated heterocycles. The number of hydrogen-bond acceptors (Lipinski definition) is 3. The molecule has 0 radical (unpaired) electrons. The van der Waals surface area contributed by atoms with Crippen molar-refractivity contribution in [2.24, 2.45) is 0 Å². The number of ether oxygens (including phenoxy) is 1.